The second-order valence-electron chi connectivity index (χ2n) is 5.58. The highest BCUT2D eigenvalue weighted by atomic mass is 31.2. The van der Waals surface area contributed by atoms with Gasteiger partial charge in [0.05, 0.1) is 21.1 Å². The molecule has 0 aliphatic heterocycles. The lowest BCUT2D eigenvalue weighted by Gasteiger charge is -2.33. The summed E-state index contributed by atoms with van der Waals surface area (Å²) in [6.07, 6.45) is 0.127. The monoisotopic (exact) mass is 253 g/mol. The number of quaternary nitrogens is 1. The fourth-order valence-electron chi connectivity index (χ4n) is 1.64. The van der Waals surface area contributed by atoms with Crippen LogP contribution >= 0.6 is 7.94 Å². The van der Waals surface area contributed by atoms with Gasteiger partial charge in [0.2, 0.25) is 11.9 Å². The third kappa shape index (κ3) is 6.51. The first-order valence-corrected chi connectivity index (χ1v) is 7.17. The summed E-state index contributed by atoms with van der Waals surface area (Å²) in [5.41, 5.74) is 0. The number of likely N-dealkylation sites (N-methyl/N-ethyl adjacent to an activating group) is 1. The topological polar surface area (TPSA) is 77.8 Å². The van der Waals surface area contributed by atoms with Crippen LogP contribution in [0.4, 0.5) is 0 Å². The van der Waals surface area contributed by atoms with Crippen LogP contribution in [0.2, 0.25) is 0 Å². The van der Waals surface area contributed by atoms with E-state index in [1.165, 1.54) is 0 Å². The normalized spacial score (nSPS) is 15.3. The van der Waals surface area contributed by atoms with Gasteiger partial charge in [0, 0.05) is 6.42 Å². The van der Waals surface area contributed by atoms with E-state index in [0.717, 1.165) is 0 Å². The van der Waals surface area contributed by atoms with Crippen LogP contribution in [0, 0.1) is 5.92 Å². The molecular formula is C10H24NO4P+2. The van der Waals surface area contributed by atoms with Gasteiger partial charge in [0.15, 0.2) is 6.04 Å². The maximum Gasteiger partial charge on any atom is 0.411 e. The number of ketones is 1. The highest BCUT2D eigenvalue weighted by Gasteiger charge is 2.41. The van der Waals surface area contributed by atoms with E-state index in [2.05, 4.69) is 0 Å². The van der Waals surface area contributed by atoms with Gasteiger partial charge in [0.25, 0.3) is 0 Å². The summed E-state index contributed by atoms with van der Waals surface area (Å²) in [5.74, 6) is 0.0529. The second-order valence-corrected chi connectivity index (χ2v) is 7.28. The molecule has 16 heavy (non-hydrogen) atoms. The van der Waals surface area contributed by atoms with E-state index in [-0.39, 0.29) is 11.8 Å². The van der Waals surface area contributed by atoms with Gasteiger partial charge in [-0.3, -0.25) is 4.79 Å². The molecule has 0 aromatic rings. The molecule has 0 aromatic heterocycles. The number of Topliss-reactive ketones (excluding diaryl/α,β-unsaturated/α-hetero) is 1. The first-order valence-electron chi connectivity index (χ1n) is 5.33. The number of rotatable bonds is 6. The number of carbonyl (C=O) groups is 1. The van der Waals surface area contributed by atoms with Gasteiger partial charge in [-0.2, -0.15) is 14.7 Å². The average molecular weight is 253 g/mol. The summed E-state index contributed by atoms with van der Waals surface area (Å²) >= 11 is 0. The highest BCUT2D eigenvalue weighted by Crippen LogP contribution is 2.44. The van der Waals surface area contributed by atoms with Gasteiger partial charge in [0.1, 0.15) is 0 Å². The maximum atomic E-state index is 11.9. The van der Waals surface area contributed by atoms with Crippen molar-refractivity contribution in [1.29, 1.82) is 0 Å². The molecule has 0 unspecified atom stereocenters. The van der Waals surface area contributed by atoms with Crippen LogP contribution < -0.4 is 0 Å². The molecule has 0 rings (SSSR count). The van der Waals surface area contributed by atoms with Crippen LogP contribution in [0.15, 0.2) is 0 Å². The minimum atomic E-state index is -4.00. The molecule has 0 radical (unpaired) electrons. The molecule has 96 valence electrons. The number of carbonyl (C=O) groups excluding carboxylic acids is 1. The van der Waals surface area contributed by atoms with Crippen molar-refractivity contribution in [2.75, 3.05) is 27.3 Å². The number of hydrogen-bond donors (Lipinski definition) is 3. The smallest absolute Gasteiger partial charge is 0.322 e. The van der Waals surface area contributed by atoms with E-state index in [1.807, 2.05) is 35.0 Å². The van der Waals surface area contributed by atoms with Crippen LogP contribution in [0.3, 0.4) is 0 Å². The van der Waals surface area contributed by atoms with Gasteiger partial charge in [-0.25, -0.2) is 0 Å². The Morgan fingerprint density at radius 2 is 1.62 bits per heavy atom. The Kier molecular flexibility index (Phi) is 5.50. The van der Waals surface area contributed by atoms with Crippen LogP contribution in [-0.2, 0) is 4.79 Å². The lowest BCUT2D eigenvalue weighted by Crippen LogP contribution is -2.51. The Bertz CT molecular complexity index is 242. The van der Waals surface area contributed by atoms with Gasteiger partial charge < -0.3 is 4.48 Å². The van der Waals surface area contributed by atoms with Crippen molar-refractivity contribution in [1.82, 2.24) is 0 Å². The van der Waals surface area contributed by atoms with E-state index in [1.54, 1.807) is 0 Å². The van der Waals surface area contributed by atoms with Crippen molar-refractivity contribution in [2.45, 2.75) is 26.3 Å². The summed E-state index contributed by atoms with van der Waals surface area (Å²) < 4.78 is 0.428. The molecule has 0 saturated carbocycles. The van der Waals surface area contributed by atoms with Gasteiger partial charge >= 0.3 is 7.94 Å². The molecule has 0 fully saturated rings. The molecule has 5 nitrogen and oxygen atoms in total. The van der Waals surface area contributed by atoms with Gasteiger partial charge in [-0.15, -0.1) is 0 Å². The van der Waals surface area contributed by atoms with E-state index in [9.17, 15) is 4.79 Å². The summed E-state index contributed by atoms with van der Waals surface area (Å²) in [4.78, 5) is 38.7. The van der Waals surface area contributed by atoms with E-state index in [0.29, 0.717) is 16.8 Å². The molecule has 3 N–H and O–H groups in total. The molecule has 6 heteroatoms. The molecule has 0 aliphatic rings. The fraction of sp³-hybridized carbons (Fsp3) is 0.900. The van der Waals surface area contributed by atoms with Crippen LogP contribution in [0.1, 0.15) is 20.3 Å². The Morgan fingerprint density at radius 1 is 1.19 bits per heavy atom. The summed E-state index contributed by atoms with van der Waals surface area (Å²) in [7, 11) is 1.66. The quantitative estimate of drug-likeness (QED) is 0.473. The Morgan fingerprint density at radius 3 is 1.88 bits per heavy atom. The van der Waals surface area contributed by atoms with Gasteiger partial charge in [-0.1, -0.05) is 13.8 Å². The van der Waals surface area contributed by atoms with Crippen LogP contribution in [0.5, 0.6) is 0 Å². The molecule has 0 heterocycles. The van der Waals surface area contributed by atoms with Crippen molar-refractivity contribution < 1.29 is 24.0 Å². The molecule has 1 atom stereocenters. The zero-order valence-electron chi connectivity index (χ0n) is 10.7. The third-order valence-electron chi connectivity index (χ3n) is 2.37. The van der Waals surface area contributed by atoms with Crippen molar-refractivity contribution in [3.63, 3.8) is 0 Å². The fourth-order valence-corrected chi connectivity index (χ4v) is 2.27. The Labute approximate surface area is 97.9 Å². The largest absolute Gasteiger partial charge is 0.411 e. The third-order valence-corrected chi connectivity index (χ3v) is 3.11. The van der Waals surface area contributed by atoms with E-state index >= 15 is 0 Å². The highest BCUT2D eigenvalue weighted by molar-refractivity contribution is 7.59. The predicted octanol–water partition coefficient (Wildman–Crippen LogP) is 0.416. The Balaban J connectivity index is 4.71. The number of hydrogen-bond acceptors (Lipinski definition) is 4. The lowest BCUT2D eigenvalue weighted by molar-refractivity contribution is -0.887. The second kappa shape index (κ2) is 5.52. The van der Waals surface area contributed by atoms with Crippen molar-refractivity contribution in [3.8, 4) is 0 Å². The van der Waals surface area contributed by atoms with Gasteiger partial charge in [-0.05, 0) is 5.92 Å². The molecule has 0 spiro atoms. The summed E-state index contributed by atoms with van der Waals surface area (Å²) in [5, 5.41) is 0. The number of nitrogens with zero attached hydrogens (tertiary/aromatic N) is 1. The van der Waals surface area contributed by atoms with E-state index < -0.39 is 14.1 Å². The summed E-state index contributed by atoms with van der Waals surface area (Å²) in [6, 6.07) is -0.314. The lowest BCUT2D eigenvalue weighted by atomic mass is 9.99. The maximum absolute atomic E-state index is 11.9. The molecule has 0 aliphatic carbocycles. The SMILES string of the molecule is CC(C)C[C@H](C(=O)C[P+](O)(O)O)[N+](C)(C)C. The predicted molar refractivity (Wildman–Crippen MR) is 64.7 cm³/mol. The minimum absolute atomic E-state index is 0.290. The average Bonchev–Trinajstić information content (AvgIpc) is 1.93. The van der Waals surface area contributed by atoms with Crippen molar-refractivity contribution in [2.24, 2.45) is 5.92 Å². The van der Waals surface area contributed by atoms with Crippen molar-refractivity contribution >= 4 is 13.7 Å². The van der Waals surface area contributed by atoms with Crippen LogP contribution in [-0.4, -0.2) is 58.3 Å². The first kappa shape index (κ1) is 15.9. The Hall–Kier alpha value is -0.0600. The molecule has 0 aromatic carbocycles. The van der Waals surface area contributed by atoms with Crippen molar-refractivity contribution in [3.05, 3.63) is 0 Å². The zero-order chi connectivity index (χ0) is 13.1. The first-order chi connectivity index (χ1) is 6.93. The minimum Gasteiger partial charge on any atom is -0.322 e. The van der Waals surface area contributed by atoms with Crippen LogP contribution in [0.25, 0.3) is 0 Å². The summed E-state index contributed by atoms with van der Waals surface area (Å²) in [6.45, 7) is 4.02. The standard InChI is InChI=1S/C10H24NO4P/c1-8(2)6-9(11(3,4)5)10(12)7-16(13,14)15/h8-9,13-15H,6-7H2,1-5H3/q+2/t9-/m1/s1. The zero-order valence-corrected chi connectivity index (χ0v) is 11.6. The molecule has 0 amide bonds. The van der Waals surface area contributed by atoms with E-state index in [4.69, 9.17) is 14.7 Å². The molecule has 0 bridgehead atoms. The molecule has 0 saturated heterocycles. The molecular weight excluding hydrogens is 229 g/mol.